The Morgan fingerprint density at radius 1 is 1.32 bits per heavy atom. The molecular formula is C17H16F2N2O3S. The molecule has 0 bridgehead atoms. The number of ether oxygens (including phenoxy) is 2. The van der Waals surface area contributed by atoms with Crippen molar-refractivity contribution in [3.05, 3.63) is 48.2 Å². The first-order chi connectivity index (χ1) is 12.1. The third-order valence-corrected chi connectivity index (χ3v) is 4.62. The highest BCUT2D eigenvalue weighted by atomic mass is 32.2. The molecule has 25 heavy (non-hydrogen) atoms. The fraction of sp³-hybridized carbons (Fsp3) is 0.294. The van der Waals surface area contributed by atoms with E-state index in [-0.39, 0.29) is 11.9 Å². The number of rotatable bonds is 6. The molecule has 132 valence electrons. The van der Waals surface area contributed by atoms with Crippen LogP contribution in [0.3, 0.4) is 0 Å². The van der Waals surface area contributed by atoms with Gasteiger partial charge < -0.3 is 14.8 Å². The molecule has 1 aliphatic rings. The maximum atomic E-state index is 12.2. The number of carbonyl (C=O) groups is 1. The van der Waals surface area contributed by atoms with Crippen LogP contribution in [-0.4, -0.2) is 35.1 Å². The lowest BCUT2D eigenvalue weighted by Gasteiger charge is -2.12. The maximum absolute atomic E-state index is 12.2. The predicted molar refractivity (Wildman–Crippen MR) is 91.6 cm³/mol. The predicted octanol–water partition coefficient (Wildman–Crippen LogP) is 3.82. The summed E-state index contributed by atoms with van der Waals surface area (Å²) in [6, 6.07) is 9.07. The Balaban J connectivity index is 1.61. The van der Waals surface area contributed by atoms with Crippen molar-refractivity contribution in [3.8, 4) is 11.6 Å². The topological polar surface area (TPSA) is 60.5 Å². The highest BCUT2D eigenvalue weighted by molar-refractivity contribution is 7.99. The number of amides is 1. The number of halogens is 2. The first-order valence-electron chi connectivity index (χ1n) is 7.67. The van der Waals surface area contributed by atoms with Crippen LogP contribution < -0.4 is 14.8 Å². The first-order valence-corrected chi connectivity index (χ1v) is 8.82. The van der Waals surface area contributed by atoms with E-state index in [1.54, 1.807) is 18.2 Å². The molecule has 1 atom stereocenters. The van der Waals surface area contributed by atoms with Gasteiger partial charge >= 0.3 is 6.61 Å². The summed E-state index contributed by atoms with van der Waals surface area (Å²) in [5, 5.41) is 2.62. The second kappa shape index (κ2) is 8.15. The van der Waals surface area contributed by atoms with E-state index in [4.69, 9.17) is 4.74 Å². The summed E-state index contributed by atoms with van der Waals surface area (Å²) in [5.41, 5.74) is 0.694. The summed E-state index contributed by atoms with van der Waals surface area (Å²) in [7, 11) is 0. The molecule has 0 spiro atoms. The molecule has 2 heterocycles. The van der Waals surface area contributed by atoms with Gasteiger partial charge in [-0.05, 0) is 30.4 Å². The molecule has 1 N–H and O–H groups in total. The van der Waals surface area contributed by atoms with Crippen molar-refractivity contribution in [2.75, 3.05) is 16.8 Å². The number of carbonyl (C=O) groups excluding carboxylic acids is 1. The summed E-state index contributed by atoms with van der Waals surface area (Å²) in [5.74, 6) is 2.09. The average Bonchev–Trinajstić information content (AvgIpc) is 3.08. The van der Waals surface area contributed by atoms with Gasteiger partial charge in [-0.25, -0.2) is 4.98 Å². The van der Waals surface area contributed by atoms with Crippen molar-refractivity contribution in [2.45, 2.75) is 19.1 Å². The van der Waals surface area contributed by atoms with Crippen molar-refractivity contribution in [2.24, 2.45) is 0 Å². The quantitative estimate of drug-likeness (QED) is 0.842. The molecular weight excluding hydrogens is 350 g/mol. The Hall–Kier alpha value is -2.35. The summed E-state index contributed by atoms with van der Waals surface area (Å²) < 4.78 is 34.5. The van der Waals surface area contributed by atoms with E-state index >= 15 is 0 Å². The molecule has 0 saturated carbocycles. The van der Waals surface area contributed by atoms with Gasteiger partial charge in [-0.15, -0.1) is 0 Å². The van der Waals surface area contributed by atoms with Gasteiger partial charge in [-0.1, -0.05) is 6.07 Å². The fourth-order valence-electron chi connectivity index (χ4n) is 2.31. The zero-order chi connectivity index (χ0) is 17.6. The van der Waals surface area contributed by atoms with Gasteiger partial charge in [0.05, 0.1) is 5.56 Å². The van der Waals surface area contributed by atoms with Crippen LogP contribution in [0.1, 0.15) is 16.8 Å². The van der Waals surface area contributed by atoms with Crippen molar-refractivity contribution >= 4 is 23.4 Å². The third-order valence-electron chi connectivity index (χ3n) is 3.49. The highest BCUT2D eigenvalue weighted by Gasteiger charge is 2.17. The monoisotopic (exact) mass is 366 g/mol. The number of aromatic nitrogens is 1. The molecule has 0 radical (unpaired) electrons. The summed E-state index contributed by atoms with van der Waals surface area (Å²) in [6.45, 7) is -2.92. The Labute approximate surface area is 147 Å². The van der Waals surface area contributed by atoms with Crippen molar-refractivity contribution in [3.63, 3.8) is 0 Å². The van der Waals surface area contributed by atoms with Gasteiger partial charge in [0, 0.05) is 29.8 Å². The van der Waals surface area contributed by atoms with E-state index in [2.05, 4.69) is 15.0 Å². The minimum Gasteiger partial charge on any atom is -0.473 e. The van der Waals surface area contributed by atoms with Gasteiger partial charge in [0.2, 0.25) is 5.88 Å². The lowest BCUT2D eigenvalue weighted by Crippen LogP contribution is -2.16. The van der Waals surface area contributed by atoms with E-state index in [9.17, 15) is 13.6 Å². The third kappa shape index (κ3) is 5.06. The standard InChI is InChI=1S/C17H16F2N2O3S/c18-17(19)24-13-3-1-2-12(8-13)21-16(22)11-4-5-15(20-9-11)23-14-6-7-25-10-14/h1-5,8-9,14,17H,6-7,10H2,(H,21,22). The van der Waals surface area contributed by atoms with Crippen molar-refractivity contribution in [1.29, 1.82) is 0 Å². The largest absolute Gasteiger partial charge is 0.473 e. The molecule has 3 rings (SSSR count). The maximum Gasteiger partial charge on any atom is 0.387 e. The molecule has 1 saturated heterocycles. The van der Waals surface area contributed by atoms with Gasteiger partial charge in [-0.2, -0.15) is 20.5 Å². The molecule has 0 aliphatic carbocycles. The summed E-state index contributed by atoms with van der Waals surface area (Å²) in [4.78, 5) is 16.4. The smallest absolute Gasteiger partial charge is 0.387 e. The molecule has 1 aromatic carbocycles. The fourth-order valence-corrected chi connectivity index (χ4v) is 3.41. The minimum absolute atomic E-state index is 0.0240. The number of nitrogens with zero attached hydrogens (tertiary/aromatic N) is 1. The van der Waals surface area contributed by atoms with Crippen LogP contribution in [-0.2, 0) is 0 Å². The van der Waals surface area contributed by atoms with Crippen molar-refractivity contribution in [1.82, 2.24) is 4.98 Å². The van der Waals surface area contributed by atoms with E-state index in [0.29, 0.717) is 17.1 Å². The molecule has 2 aromatic rings. The van der Waals surface area contributed by atoms with Crippen LogP contribution in [0.25, 0.3) is 0 Å². The van der Waals surface area contributed by atoms with Crippen LogP contribution >= 0.6 is 11.8 Å². The molecule has 1 unspecified atom stereocenters. The Kier molecular flexibility index (Phi) is 5.70. The molecule has 1 aromatic heterocycles. The Bertz CT molecular complexity index is 722. The SMILES string of the molecule is O=C(Nc1cccc(OC(F)F)c1)c1ccc(OC2CCSC2)nc1. The van der Waals surface area contributed by atoms with E-state index < -0.39 is 12.5 Å². The number of thioether (sulfide) groups is 1. The van der Waals surface area contributed by atoms with Gasteiger partial charge in [0.25, 0.3) is 5.91 Å². The van der Waals surface area contributed by atoms with E-state index in [1.165, 1.54) is 24.4 Å². The molecule has 1 fully saturated rings. The minimum atomic E-state index is -2.92. The second-order valence-corrected chi connectivity index (χ2v) is 6.50. The lowest BCUT2D eigenvalue weighted by atomic mass is 10.2. The van der Waals surface area contributed by atoms with Crippen LogP contribution in [0.15, 0.2) is 42.6 Å². The Morgan fingerprint density at radius 2 is 2.20 bits per heavy atom. The van der Waals surface area contributed by atoms with Crippen LogP contribution in [0, 0.1) is 0 Å². The lowest BCUT2D eigenvalue weighted by molar-refractivity contribution is -0.0497. The molecule has 5 nitrogen and oxygen atoms in total. The van der Waals surface area contributed by atoms with E-state index in [1.807, 2.05) is 11.8 Å². The molecule has 8 heteroatoms. The van der Waals surface area contributed by atoms with Gasteiger partial charge in [0.1, 0.15) is 11.9 Å². The first kappa shape index (κ1) is 17.5. The van der Waals surface area contributed by atoms with Crippen LogP contribution in [0.4, 0.5) is 14.5 Å². The van der Waals surface area contributed by atoms with Crippen LogP contribution in [0.5, 0.6) is 11.6 Å². The number of hydrogen-bond acceptors (Lipinski definition) is 5. The number of hydrogen-bond donors (Lipinski definition) is 1. The summed E-state index contributed by atoms with van der Waals surface area (Å²) >= 11 is 1.84. The zero-order valence-corrected chi connectivity index (χ0v) is 14.0. The normalized spacial score (nSPS) is 16.7. The molecule has 1 aliphatic heterocycles. The number of nitrogens with one attached hydrogen (secondary N) is 1. The highest BCUT2D eigenvalue weighted by Crippen LogP contribution is 2.23. The number of pyridine rings is 1. The van der Waals surface area contributed by atoms with Gasteiger partial charge in [-0.3, -0.25) is 4.79 Å². The van der Waals surface area contributed by atoms with Crippen LogP contribution in [0.2, 0.25) is 0 Å². The summed E-state index contributed by atoms with van der Waals surface area (Å²) in [6.07, 6.45) is 2.58. The van der Waals surface area contributed by atoms with Crippen molar-refractivity contribution < 1.29 is 23.0 Å². The van der Waals surface area contributed by atoms with E-state index in [0.717, 1.165) is 17.9 Å². The number of benzene rings is 1. The zero-order valence-electron chi connectivity index (χ0n) is 13.2. The number of anilines is 1. The number of alkyl halides is 2. The Morgan fingerprint density at radius 3 is 2.88 bits per heavy atom. The average molecular weight is 366 g/mol. The van der Waals surface area contributed by atoms with Gasteiger partial charge in [0.15, 0.2) is 0 Å². The molecule has 1 amide bonds. The second-order valence-electron chi connectivity index (χ2n) is 5.35.